The molecule has 0 amide bonds. The van der Waals surface area contributed by atoms with Crippen LogP contribution in [0.25, 0.3) is 11.1 Å². The number of ether oxygens (including phenoxy) is 2. The molecule has 2 rings (SSSR count). The van der Waals surface area contributed by atoms with E-state index >= 15 is 0 Å². The van der Waals surface area contributed by atoms with E-state index in [-0.39, 0.29) is 5.75 Å². The molecular weight excluding hydrogens is 235 g/mol. The van der Waals surface area contributed by atoms with Gasteiger partial charge in [-0.15, -0.1) is 0 Å². The van der Waals surface area contributed by atoms with Gasteiger partial charge in [0.2, 0.25) is 0 Å². The normalized spacial score (nSPS) is 10.2. The molecule has 3 nitrogen and oxygen atoms in total. The van der Waals surface area contributed by atoms with E-state index in [4.69, 9.17) is 9.47 Å². The molecule has 0 fully saturated rings. The molecule has 0 aliphatic rings. The molecule has 94 valence electrons. The first kappa shape index (κ1) is 12.2. The summed E-state index contributed by atoms with van der Waals surface area (Å²) >= 11 is 0. The Balaban J connectivity index is 2.52. The monoisotopic (exact) mass is 248 g/mol. The lowest BCUT2D eigenvalue weighted by Gasteiger charge is -2.10. The zero-order valence-electron chi connectivity index (χ0n) is 10.1. The minimum atomic E-state index is -0.662. The highest BCUT2D eigenvalue weighted by atomic mass is 19.1. The molecule has 0 unspecified atom stereocenters. The zero-order valence-corrected chi connectivity index (χ0v) is 10.1. The smallest absolute Gasteiger partial charge is 0.165 e. The van der Waals surface area contributed by atoms with Crippen LogP contribution < -0.4 is 9.47 Å². The average molecular weight is 248 g/mol. The summed E-state index contributed by atoms with van der Waals surface area (Å²) in [6.07, 6.45) is 0. The predicted molar refractivity (Wildman–Crippen MR) is 66.6 cm³/mol. The number of hydrogen-bond donors (Lipinski definition) is 1. The molecule has 0 heterocycles. The highest BCUT2D eigenvalue weighted by Gasteiger charge is 2.09. The van der Waals surface area contributed by atoms with Gasteiger partial charge in [0.1, 0.15) is 11.5 Å². The number of rotatable bonds is 3. The van der Waals surface area contributed by atoms with Gasteiger partial charge in [0.15, 0.2) is 11.6 Å². The van der Waals surface area contributed by atoms with Gasteiger partial charge in [-0.3, -0.25) is 0 Å². The number of phenolic OH excluding ortho intramolecular Hbond substituents is 1. The largest absolute Gasteiger partial charge is 0.505 e. The predicted octanol–water partition coefficient (Wildman–Crippen LogP) is 3.22. The molecule has 0 atom stereocenters. The van der Waals surface area contributed by atoms with Gasteiger partial charge in [0.05, 0.1) is 14.2 Å². The van der Waals surface area contributed by atoms with Crippen molar-refractivity contribution in [1.82, 2.24) is 0 Å². The van der Waals surface area contributed by atoms with Gasteiger partial charge >= 0.3 is 0 Å². The molecule has 0 saturated heterocycles. The molecule has 0 aliphatic heterocycles. The van der Waals surface area contributed by atoms with Crippen LogP contribution in [-0.2, 0) is 0 Å². The molecule has 18 heavy (non-hydrogen) atoms. The minimum Gasteiger partial charge on any atom is -0.505 e. The van der Waals surface area contributed by atoms with Gasteiger partial charge in [-0.05, 0) is 29.8 Å². The fraction of sp³-hybridized carbons (Fsp3) is 0.143. The Morgan fingerprint density at radius 1 is 1.00 bits per heavy atom. The van der Waals surface area contributed by atoms with E-state index in [2.05, 4.69) is 0 Å². The Bertz CT molecular complexity index is 567. The van der Waals surface area contributed by atoms with Crippen molar-refractivity contribution in [3.05, 3.63) is 42.2 Å². The van der Waals surface area contributed by atoms with Crippen molar-refractivity contribution in [2.24, 2.45) is 0 Å². The standard InChI is InChI=1S/C14H13FO3/c1-17-10-4-5-11(14(8-10)18-2)9-3-6-13(16)12(15)7-9/h3-8,16H,1-2H3. The second-order valence-corrected chi connectivity index (χ2v) is 3.73. The molecular formula is C14H13FO3. The van der Waals surface area contributed by atoms with Gasteiger partial charge in [-0.2, -0.15) is 0 Å². The Morgan fingerprint density at radius 2 is 1.78 bits per heavy atom. The number of benzene rings is 2. The van der Waals surface area contributed by atoms with Gasteiger partial charge in [0.25, 0.3) is 0 Å². The van der Waals surface area contributed by atoms with Crippen LogP contribution in [0.3, 0.4) is 0 Å². The van der Waals surface area contributed by atoms with Crippen molar-refractivity contribution in [3.8, 4) is 28.4 Å². The van der Waals surface area contributed by atoms with Crippen LogP contribution >= 0.6 is 0 Å². The first-order valence-electron chi connectivity index (χ1n) is 5.36. The van der Waals surface area contributed by atoms with Crippen LogP contribution in [-0.4, -0.2) is 19.3 Å². The van der Waals surface area contributed by atoms with Crippen molar-refractivity contribution in [2.45, 2.75) is 0 Å². The molecule has 0 saturated carbocycles. The third-order valence-corrected chi connectivity index (χ3v) is 2.67. The highest BCUT2D eigenvalue weighted by molar-refractivity contribution is 5.72. The maximum Gasteiger partial charge on any atom is 0.165 e. The average Bonchev–Trinajstić information content (AvgIpc) is 2.41. The van der Waals surface area contributed by atoms with Crippen molar-refractivity contribution in [3.63, 3.8) is 0 Å². The maximum atomic E-state index is 13.3. The van der Waals surface area contributed by atoms with E-state index in [1.54, 1.807) is 31.4 Å². The van der Waals surface area contributed by atoms with E-state index in [0.717, 1.165) is 5.56 Å². The van der Waals surface area contributed by atoms with Crippen LogP contribution in [0.5, 0.6) is 17.2 Å². The van der Waals surface area contributed by atoms with Crippen molar-refractivity contribution < 1.29 is 19.0 Å². The van der Waals surface area contributed by atoms with E-state index in [1.165, 1.54) is 19.2 Å². The zero-order chi connectivity index (χ0) is 13.1. The summed E-state index contributed by atoms with van der Waals surface area (Å²) in [5.41, 5.74) is 1.36. The topological polar surface area (TPSA) is 38.7 Å². The van der Waals surface area contributed by atoms with E-state index in [0.29, 0.717) is 17.1 Å². The molecule has 4 heteroatoms. The van der Waals surface area contributed by atoms with E-state index in [1.807, 2.05) is 0 Å². The molecule has 0 aromatic heterocycles. The maximum absolute atomic E-state index is 13.3. The van der Waals surface area contributed by atoms with Crippen molar-refractivity contribution in [1.29, 1.82) is 0 Å². The lowest BCUT2D eigenvalue weighted by Crippen LogP contribution is -1.91. The summed E-state index contributed by atoms with van der Waals surface area (Å²) < 4.78 is 23.7. The molecule has 0 spiro atoms. The lowest BCUT2D eigenvalue weighted by atomic mass is 10.0. The number of methoxy groups -OCH3 is 2. The third-order valence-electron chi connectivity index (χ3n) is 2.67. The second-order valence-electron chi connectivity index (χ2n) is 3.73. The van der Waals surface area contributed by atoms with Gasteiger partial charge in [-0.1, -0.05) is 6.07 Å². The summed E-state index contributed by atoms with van der Waals surface area (Å²) in [7, 11) is 3.10. The second kappa shape index (κ2) is 4.96. The van der Waals surface area contributed by atoms with Crippen LogP contribution in [0.4, 0.5) is 4.39 Å². The molecule has 1 N–H and O–H groups in total. The van der Waals surface area contributed by atoms with Crippen LogP contribution in [0.1, 0.15) is 0 Å². The Hall–Kier alpha value is -2.23. The fourth-order valence-corrected chi connectivity index (χ4v) is 1.71. The van der Waals surface area contributed by atoms with E-state index < -0.39 is 5.82 Å². The van der Waals surface area contributed by atoms with E-state index in [9.17, 15) is 9.50 Å². The SMILES string of the molecule is COc1ccc(-c2ccc(O)c(F)c2)c(OC)c1. The summed E-state index contributed by atoms with van der Waals surface area (Å²) in [5, 5.41) is 9.17. The first-order valence-corrected chi connectivity index (χ1v) is 5.36. The quantitative estimate of drug-likeness (QED) is 0.906. The summed E-state index contributed by atoms with van der Waals surface area (Å²) in [6, 6.07) is 9.48. The molecule has 0 radical (unpaired) electrons. The van der Waals surface area contributed by atoms with Gasteiger partial charge in [0, 0.05) is 11.6 Å². The molecule has 2 aromatic carbocycles. The lowest BCUT2D eigenvalue weighted by molar-refractivity contribution is 0.395. The van der Waals surface area contributed by atoms with Gasteiger partial charge < -0.3 is 14.6 Å². The molecule has 2 aromatic rings. The number of halogens is 1. The third kappa shape index (κ3) is 2.22. The Morgan fingerprint density at radius 3 is 2.39 bits per heavy atom. The Kier molecular flexibility index (Phi) is 3.37. The van der Waals surface area contributed by atoms with Crippen LogP contribution in [0.15, 0.2) is 36.4 Å². The number of hydrogen-bond acceptors (Lipinski definition) is 3. The summed E-state index contributed by atoms with van der Waals surface area (Å²) in [6.45, 7) is 0. The highest BCUT2D eigenvalue weighted by Crippen LogP contribution is 2.34. The van der Waals surface area contributed by atoms with Gasteiger partial charge in [-0.25, -0.2) is 4.39 Å². The van der Waals surface area contributed by atoms with Crippen LogP contribution in [0.2, 0.25) is 0 Å². The first-order chi connectivity index (χ1) is 8.65. The summed E-state index contributed by atoms with van der Waals surface area (Å²) in [5.74, 6) is 0.214. The molecule has 0 bridgehead atoms. The number of aromatic hydroxyl groups is 1. The van der Waals surface area contributed by atoms with Crippen molar-refractivity contribution in [2.75, 3.05) is 14.2 Å². The van der Waals surface area contributed by atoms with Crippen LogP contribution in [0, 0.1) is 5.82 Å². The fourth-order valence-electron chi connectivity index (χ4n) is 1.71. The Labute approximate surface area is 104 Å². The summed E-state index contributed by atoms with van der Waals surface area (Å²) in [4.78, 5) is 0. The number of phenols is 1. The molecule has 0 aliphatic carbocycles. The van der Waals surface area contributed by atoms with Crippen molar-refractivity contribution >= 4 is 0 Å². The minimum absolute atomic E-state index is 0.369.